The molecule has 0 amide bonds. The lowest BCUT2D eigenvalue weighted by molar-refractivity contribution is -0.141. The highest BCUT2D eigenvalue weighted by atomic mass is 127. The average Bonchev–Trinajstić information content (AvgIpc) is 2.55. The number of hydrogen-bond donors (Lipinski definition) is 0. The Hall–Kier alpha value is -0.570. The monoisotopic (exact) mass is 403 g/mol. The third-order valence-electron chi connectivity index (χ3n) is 2.49. The van der Waals surface area contributed by atoms with E-state index in [0.717, 1.165) is 6.07 Å². The van der Waals surface area contributed by atoms with Gasteiger partial charge in [0, 0.05) is 11.5 Å². The van der Waals surface area contributed by atoms with Gasteiger partial charge in [-0.1, -0.05) is 32.4 Å². The highest BCUT2D eigenvalue weighted by molar-refractivity contribution is 14.1. The molecule has 0 aliphatic rings. The van der Waals surface area contributed by atoms with Gasteiger partial charge in [-0.25, -0.2) is 9.50 Å². The Kier molecular flexibility index (Phi) is 3.49. The fourth-order valence-corrected chi connectivity index (χ4v) is 3.07. The third kappa shape index (κ3) is 2.67. The molecule has 0 N–H and O–H groups in total. The minimum Gasteiger partial charge on any atom is -0.223 e. The molecule has 3 nitrogen and oxygen atoms in total. The second-order valence-electron chi connectivity index (χ2n) is 5.11. The zero-order chi connectivity index (χ0) is 14.6. The van der Waals surface area contributed by atoms with Crippen LogP contribution in [0.4, 0.5) is 13.2 Å². The van der Waals surface area contributed by atoms with E-state index in [1.807, 2.05) is 43.4 Å². The SMILES string of the molecule is CC(C)(C)c1nn2c(Cl)cc(C(F)(F)F)nc2c1I. The van der Waals surface area contributed by atoms with E-state index < -0.39 is 11.9 Å². The lowest BCUT2D eigenvalue weighted by Crippen LogP contribution is -2.13. The maximum Gasteiger partial charge on any atom is 0.433 e. The van der Waals surface area contributed by atoms with Gasteiger partial charge < -0.3 is 0 Å². The third-order valence-corrected chi connectivity index (χ3v) is 3.75. The Labute approximate surface area is 126 Å². The van der Waals surface area contributed by atoms with Crippen LogP contribution in [0, 0.1) is 3.57 Å². The highest BCUT2D eigenvalue weighted by Crippen LogP contribution is 2.33. The fraction of sp³-hybridized carbons (Fsp3) is 0.455. The van der Waals surface area contributed by atoms with E-state index in [9.17, 15) is 13.2 Å². The van der Waals surface area contributed by atoms with Crippen molar-refractivity contribution >= 4 is 39.8 Å². The summed E-state index contributed by atoms with van der Waals surface area (Å²) in [5, 5.41) is 4.15. The van der Waals surface area contributed by atoms with Crippen molar-refractivity contribution in [1.29, 1.82) is 0 Å². The van der Waals surface area contributed by atoms with Crippen molar-refractivity contribution in [3.8, 4) is 0 Å². The van der Waals surface area contributed by atoms with E-state index >= 15 is 0 Å². The van der Waals surface area contributed by atoms with Crippen LogP contribution < -0.4 is 0 Å². The normalized spacial score (nSPS) is 13.3. The fourth-order valence-electron chi connectivity index (χ4n) is 1.58. The van der Waals surface area contributed by atoms with Crippen molar-refractivity contribution in [3.05, 3.63) is 26.2 Å². The summed E-state index contributed by atoms with van der Waals surface area (Å²) in [5.41, 5.74) is -0.512. The predicted octanol–water partition coefficient (Wildman–Crippen LogP) is 4.30. The predicted molar refractivity (Wildman–Crippen MR) is 74.4 cm³/mol. The van der Waals surface area contributed by atoms with Gasteiger partial charge in [0.15, 0.2) is 5.65 Å². The van der Waals surface area contributed by atoms with Gasteiger partial charge in [0.1, 0.15) is 10.8 Å². The smallest absolute Gasteiger partial charge is 0.223 e. The summed E-state index contributed by atoms with van der Waals surface area (Å²) in [7, 11) is 0. The first-order valence-electron chi connectivity index (χ1n) is 5.34. The van der Waals surface area contributed by atoms with Crippen molar-refractivity contribution in [3.63, 3.8) is 0 Å². The largest absolute Gasteiger partial charge is 0.433 e. The molecular weight excluding hydrogens is 393 g/mol. The summed E-state index contributed by atoms with van der Waals surface area (Å²) in [6.07, 6.45) is -4.53. The van der Waals surface area contributed by atoms with Crippen molar-refractivity contribution in [1.82, 2.24) is 14.6 Å². The van der Waals surface area contributed by atoms with Gasteiger partial charge >= 0.3 is 6.18 Å². The molecule has 104 valence electrons. The zero-order valence-corrected chi connectivity index (χ0v) is 13.2. The number of rotatable bonds is 0. The quantitative estimate of drug-likeness (QED) is 0.485. The molecule has 0 fully saturated rings. The topological polar surface area (TPSA) is 30.2 Å². The molecule has 0 spiro atoms. The standard InChI is InChI=1S/C11H10ClF3IN3/c1-10(2,3)8-7(16)9-17-5(11(13,14)15)4-6(12)19(9)18-8/h4H,1-3H3. The molecule has 2 aromatic rings. The Morgan fingerprint density at radius 1 is 1.26 bits per heavy atom. The second kappa shape index (κ2) is 4.47. The molecule has 0 bridgehead atoms. The molecule has 0 aromatic carbocycles. The Morgan fingerprint density at radius 2 is 1.84 bits per heavy atom. The lowest BCUT2D eigenvalue weighted by atomic mass is 9.93. The number of hydrogen-bond acceptors (Lipinski definition) is 2. The molecule has 19 heavy (non-hydrogen) atoms. The summed E-state index contributed by atoms with van der Waals surface area (Å²) in [6.45, 7) is 5.78. The number of fused-ring (bicyclic) bond motifs is 1. The highest BCUT2D eigenvalue weighted by Gasteiger charge is 2.35. The van der Waals surface area contributed by atoms with Crippen LogP contribution in [-0.4, -0.2) is 14.6 Å². The van der Waals surface area contributed by atoms with Gasteiger partial charge in [0.25, 0.3) is 0 Å². The molecule has 0 aliphatic carbocycles. The van der Waals surface area contributed by atoms with Gasteiger partial charge in [-0.05, 0) is 22.6 Å². The van der Waals surface area contributed by atoms with Crippen LogP contribution in [0.15, 0.2) is 6.07 Å². The summed E-state index contributed by atoms with van der Waals surface area (Å²) in [6, 6.07) is 0.782. The van der Waals surface area contributed by atoms with Crippen molar-refractivity contribution < 1.29 is 13.2 Å². The van der Waals surface area contributed by atoms with E-state index in [2.05, 4.69) is 10.1 Å². The zero-order valence-electron chi connectivity index (χ0n) is 10.3. The molecule has 8 heteroatoms. The van der Waals surface area contributed by atoms with Gasteiger partial charge in [-0.15, -0.1) is 0 Å². The maximum atomic E-state index is 12.7. The van der Waals surface area contributed by atoms with Gasteiger partial charge in [0.2, 0.25) is 0 Å². The minimum absolute atomic E-state index is 0.106. The molecule has 0 saturated carbocycles. The van der Waals surface area contributed by atoms with Crippen LogP contribution in [0.5, 0.6) is 0 Å². The second-order valence-corrected chi connectivity index (χ2v) is 6.58. The Bertz CT molecular complexity index is 643. The summed E-state index contributed by atoms with van der Waals surface area (Å²) in [5.74, 6) is 0. The summed E-state index contributed by atoms with van der Waals surface area (Å²) >= 11 is 7.81. The van der Waals surface area contributed by atoms with E-state index in [1.165, 1.54) is 4.52 Å². The van der Waals surface area contributed by atoms with Gasteiger partial charge in [-0.3, -0.25) is 0 Å². The summed E-state index contributed by atoms with van der Waals surface area (Å²) in [4.78, 5) is 3.62. The van der Waals surface area contributed by atoms with Crippen LogP contribution in [0.3, 0.4) is 0 Å². The molecular formula is C11H10ClF3IN3. The van der Waals surface area contributed by atoms with E-state index in [4.69, 9.17) is 11.6 Å². The van der Waals surface area contributed by atoms with Crippen molar-refractivity contribution in [2.75, 3.05) is 0 Å². The first-order chi connectivity index (χ1) is 8.51. The molecule has 0 unspecified atom stereocenters. The Morgan fingerprint density at radius 3 is 2.32 bits per heavy atom. The van der Waals surface area contributed by atoms with Gasteiger partial charge in [0.05, 0.1) is 9.26 Å². The van der Waals surface area contributed by atoms with E-state index in [0.29, 0.717) is 9.26 Å². The molecule has 0 atom stereocenters. The van der Waals surface area contributed by atoms with E-state index in [1.54, 1.807) is 0 Å². The van der Waals surface area contributed by atoms with Crippen LogP contribution in [0.1, 0.15) is 32.2 Å². The number of halogens is 5. The Balaban J connectivity index is 2.79. The van der Waals surface area contributed by atoms with Crippen LogP contribution in [-0.2, 0) is 11.6 Å². The van der Waals surface area contributed by atoms with Crippen LogP contribution in [0.2, 0.25) is 5.15 Å². The first-order valence-corrected chi connectivity index (χ1v) is 6.80. The van der Waals surface area contributed by atoms with Gasteiger partial charge in [-0.2, -0.15) is 18.3 Å². The van der Waals surface area contributed by atoms with E-state index in [-0.39, 0.29) is 16.2 Å². The van der Waals surface area contributed by atoms with Crippen molar-refractivity contribution in [2.45, 2.75) is 32.4 Å². The van der Waals surface area contributed by atoms with Crippen molar-refractivity contribution in [2.24, 2.45) is 0 Å². The molecule has 2 aromatic heterocycles. The molecule has 2 heterocycles. The maximum absolute atomic E-state index is 12.7. The van der Waals surface area contributed by atoms with Crippen LogP contribution in [0.25, 0.3) is 5.65 Å². The number of aromatic nitrogens is 3. The average molecular weight is 404 g/mol. The summed E-state index contributed by atoms with van der Waals surface area (Å²) < 4.78 is 40.0. The lowest BCUT2D eigenvalue weighted by Gasteiger charge is -2.14. The molecule has 0 aliphatic heterocycles. The molecule has 2 rings (SSSR count). The minimum atomic E-state index is -4.53. The molecule has 0 saturated heterocycles. The number of alkyl halides is 3. The molecule has 0 radical (unpaired) electrons. The first kappa shape index (κ1) is 14.8. The number of nitrogens with zero attached hydrogens (tertiary/aromatic N) is 3. The van der Waals surface area contributed by atoms with Crippen LogP contribution >= 0.6 is 34.2 Å².